The molecule has 1 aliphatic carbocycles. The van der Waals surface area contributed by atoms with Crippen molar-refractivity contribution < 1.29 is 5.11 Å². The molecular weight excluding hydrogens is 232 g/mol. The van der Waals surface area contributed by atoms with Crippen molar-refractivity contribution in [3.8, 4) is 0 Å². The molecule has 1 aromatic carbocycles. The number of benzene rings is 1. The van der Waals surface area contributed by atoms with Crippen molar-refractivity contribution in [1.29, 1.82) is 0 Å². The van der Waals surface area contributed by atoms with Crippen LogP contribution >= 0.6 is 0 Å². The topological polar surface area (TPSA) is 20.2 Å². The summed E-state index contributed by atoms with van der Waals surface area (Å²) in [5.41, 5.74) is 2.74. The minimum Gasteiger partial charge on any atom is -0.388 e. The summed E-state index contributed by atoms with van der Waals surface area (Å²) in [5.74, 6) is 1.01. The summed E-state index contributed by atoms with van der Waals surface area (Å²) in [7, 11) is 0. The normalized spacial score (nSPS) is 25.2. The lowest BCUT2D eigenvalue weighted by atomic mass is 9.76. The van der Waals surface area contributed by atoms with E-state index in [1.807, 2.05) is 0 Å². The molecule has 3 unspecified atom stereocenters. The lowest BCUT2D eigenvalue weighted by molar-refractivity contribution is 0.0531. The lowest BCUT2D eigenvalue weighted by Gasteiger charge is -2.31. The molecule has 0 amide bonds. The van der Waals surface area contributed by atoms with E-state index in [1.54, 1.807) is 0 Å². The van der Waals surface area contributed by atoms with Gasteiger partial charge in [0.05, 0.1) is 6.10 Å². The molecule has 1 N–H and O–H groups in total. The van der Waals surface area contributed by atoms with Crippen molar-refractivity contribution in [1.82, 2.24) is 0 Å². The summed E-state index contributed by atoms with van der Waals surface area (Å²) >= 11 is 0. The smallest absolute Gasteiger partial charge is 0.0823 e. The molecular formula is C18H28O. The average Bonchev–Trinajstić information content (AvgIpc) is 2.77. The number of aliphatic hydroxyl groups excluding tert-OH is 1. The van der Waals surface area contributed by atoms with Gasteiger partial charge in [-0.2, -0.15) is 0 Å². The second-order valence-corrected chi connectivity index (χ2v) is 6.91. The summed E-state index contributed by atoms with van der Waals surface area (Å²) in [4.78, 5) is 0. The fourth-order valence-electron chi connectivity index (χ4n) is 3.43. The average molecular weight is 260 g/mol. The van der Waals surface area contributed by atoms with Gasteiger partial charge >= 0.3 is 0 Å². The molecule has 0 aromatic heterocycles. The van der Waals surface area contributed by atoms with Gasteiger partial charge in [-0.1, -0.05) is 58.4 Å². The first kappa shape index (κ1) is 14.6. The molecule has 0 bridgehead atoms. The Kier molecular flexibility index (Phi) is 4.35. The van der Waals surface area contributed by atoms with Crippen LogP contribution in [0.25, 0.3) is 0 Å². The molecule has 1 aromatic rings. The molecule has 3 atom stereocenters. The molecule has 19 heavy (non-hydrogen) atoms. The second-order valence-electron chi connectivity index (χ2n) is 6.91. The van der Waals surface area contributed by atoms with Gasteiger partial charge in [0, 0.05) is 0 Å². The van der Waals surface area contributed by atoms with Gasteiger partial charge in [-0.15, -0.1) is 0 Å². The van der Waals surface area contributed by atoms with Crippen molar-refractivity contribution in [2.45, 2.75) is 65.4 Å². The summed E-state index contributed by atoms with van der Waals surface area (Å²) in [6, 6.07) is 8.63. The first-order chi connectivity index (χ1) is 8.95. The molecule has 1 nitrogen and oxygen atoms in total. The summed E-state index contributed by atoms with van der Waals surface area (Å²) in [6.07, 6.45) is 4.50. The van der Waals surface area contributed by atoms with E-state index in [1.165, 1.54) is 18.4 Å². The number of hydrogen-bond donors (Lipinski definition) is 1. The maximum Gasteiger partial charge on any atom is 0.0823 e. The van der Waals surface area contributed by atoms with E-state index in [0.29, 0.717) is 11.8 Å². The zero-order valence-corrected chi connectivity index (χ0v) is 12.8. The van der Waals surface area contributed by atoms with Crippen LogP contribution in [0.1, 0.15) is 76.5 Å². The Labute approximate surface area is 118 Å². The van der Waals surface area contributed by atoms with Crippen LogP contribution in [0.5, 0.6) is 0 Å². The Hall–Kier alpha value is -0.820. The van der Waals surface area contributed by atoms with Crippen LogP contribution in [0.2, 0.25) is 0 Å². The molecule has 0 radical (unpaired) electrons. The zero-order chi connectivity index (χ0) is 14.0. The molecule has 2 rings (SSSR count). The van der Waals surface area contributed by atoms with Crippen LogP contribution in [0.4, 0.5) is 0 Å². The number of hydrogen-bond acceptors (Lipinski definition) is 1. The standard InChI is InChI=1S/C18H28O/c1-5-13(2)14-8-10-15(11-9-14)17(19)16-7-6-12-18(16,3)4/h8-11,13,16-17,19H,5-7,12H2,1-4H3. The first-order valence-corrected chi connectivity index (χ1v) is 7.73. The molecule has 1 heteroatoms. The highest BCUT2D eigenvalue weighted by Crippen LogP contribution is 2.48. The van der Waals surface area contributed by atoms with Gasteiger partial charge in [0.15, 0.2) is 0 Å². The van der Waals surface area contributed by atoms with E-state index < -0.39 is 0 Å². The Morgan fingerprint density at radius 1 is 1.21 bits per heavy atom. The molecule has 0 heterocycles. The fourth-order valence-corrected chi connectivity index (χ4v) is 3.43. The molecule has 0 spiro atoms. The fraction of sp³-hybridized carbons (Fsp3) is 0.667. The quantitative estimate of drug-likeness (QED) is 0.802. The van der Waals surface area contributed by atoms with Gasteiger partial charge in [0.25, 0.3) is 0 Å². The van der Waals surface area contributed by atoms with Crippen molar-refractivity contribution >= 4 is 0 Å². The highest BCUT2D eigenvalue weighted by Gasteiger charge is 2.39. The van der Waals surface area contributed by atoms with Crippen LogP contribution in [0.3, 0.4) is 0 Å². The van der Waals surface area contributed by atoms with Crippen LogP contribution in [-0.2, 0) is 0 Å². The summed E-state index contributed by atoms with van der Waals surface area (Å²) in [6.45, 7) is 9.06. The van der Waals surface area contributed by atoms with Crippen molar-refractivity contribution in [3.05, 3.63) is 35.4 Å². The van der Waals surface area contributed by atoms with Gasteiger partial charge in [-0.25, -0.2) is 0 Å². The zero-order valence-electron chi connectivity index (χ0n) is 12.8. The van der Waals surface area contributed by atoms with Gasteiger partial charge in [-0.3, -0.25) is 0 Å². The second kappa shape index (κ2) is 5.66. The molecule has 0 aliphatic heterocycles. The lowest BCUT2D eigenvalue weighted by Crippen LogP contribution is -2.24. The molecule has 1 fully saturated rings. The summed E-state index contributed by atoms with van der Waals surface area (Å²) in [5, 5.41) is 10.6. The van der Waals surface area contributed by atoms with Crippen LogP contribution in [0.15, 0.2) is 24.3 Å². The first-order valence-electron chi connectivity index (χ1n) is 7.73. The Morgan fingerprint density at radius 2 is 1.79 bits per heavy atom. The minimum atomic E-state index is -0.302. The Morgan fingerprint density at radius 3 is 2.26 bits per heavy atom. The predicted molar refractivity (Wildman–Crippen MR) is 81.2 cm³/mol. The predicted octanol–water partition coefficient (Wildman–Crippen LogP) is 5.06. The molecule has 1 saturated carbocycles. The minimum absolute atomic E-state index is 0.273. The van der Waals surface area contributed by atoms with Crippen molar-refractivity contribution in [2.75, 3.05) is 0 Å². The maximum absolute atomic E-state index is 10.6. The highest BCUT2D eigenvalue weighted by atomic mass is 16.3. The van der Waals surface area contributed by atoms with E-state index in [2.05, 4.69) is 52.0 Å². The third-order valence-electron chi connectivity index (χ3n) is 5.18. The van der Waals surface area contributed by atoms with Crippen LogP contribution in [-0.4, -0.2) is 5.11 Å². The SMILES string of the molecule is CCC(C)c1ccc(C(O)C2CCCC2(C)C)cc1. The maximum atomic E-state index is 10.6. The van der Waals surface area contributed by atoms with E-state index in [-0.39, 0.29) is 11.5 Å². The van der Waals surface area contributed by atoms with Crippen molar-refractivity contribution in [2.24, 2.45) is 11.3 Å². The third-order valence-corrected chi connectivity index (χ3v) is 5.18. The van der Waals surface area contributed by atoms with Crippen molar-refractivity contribution in [3.63, 3.8) is 0 Å². The number of aliphatic hydroxyl groups is 1. The summed E-state index contributed by atoms with van der Waals surface area (Å²) < 4.78 is 0. The van der Waals surface area contributed by atoms with Gasteiger partial charge < -0.3 is 5.11 Å². The number of rotatable bonds is 4. The van der Waals surface area contributed by atoms with E-state index >= 15 is 0 Å². The Balaban J connectivity index is 2.14. The van der Waals surface area contributed by atoms with Gasteiger partial charge in [-0.05, 0) is 47.6 Å². The molecule has 0 saturated heterocycles. The monoisotopic (exact) mass is 260 g/mol. The van der Waals surface area contributed by atoms with Crippen LogP contribution in [0, 0.1) is 11.3 Å². The van der Waals surface area contributed by atoms with Gasteiger partial charge in [0.2, 0.25) is 0 Å². The van der Waals surface area contributed by atoms with Gasteiger partial charge in [0.1, 0.15) is 0 Å². The molecule has 1 aliphatic rings. The van der Waals surface area contributed by atoms with E-state index in [0.717, 1.165) is 18.4 Å². The Bertz CT molecular complexity index is 404. The van der Waals surface area contributed by atoms with E-state index in [9.17, 15) is 5.11 Å². The van der Waals surface area contributed by atoms with Crippen LogP contribution < -0.4 is 0 Å². The highest BCUT2D eigenvalue weighted by molar-refractivity contribution is 5.27. The van der Waals surface area contributed by atoms with E-state index in [4.69, 9.17) is 0 Å². The largest absolute Gasteiger partial charge is 0.388 e. The third kappa shape index (κ3) is 3.02. The molecule has 106 valence electrons.